The molecule has 0 saturated heterocycles. The molecule has 0 bridgehead atoms. The number of nitrogens with zero attached hydrogens (tertiary/aromatic N) is 2. The van der Waals surface area contributed by atoms with E-state index in [1.54, 1.807) is 13.2 Å². The van der Waals surface area contributed by atoms with Crippen molar-refractivity contribution in [1.29, 1.82) is 0 Å². The van der Waals surface area contributed by atoms with Crippen LogP contribution in [0.4, 0.5) is 0 Å². The van der Waals surface area contributed by atoms with E-state index < -0.39 is 5.97 Å². The van der Waals surface area contributed by atoms with Crippen molar-refractivity contribution in [2.75, 3.05) is 13.7 Å². The Bertz CT molecular complexity index is 398. The minimum atomic E-state index is -0.510. The second-order valence-corrected chi connectivity index (χ2v) is 2.51. The molecule has 1 N–H and O–H groups in total. The summed E-state index contributed by atoms with van der Waals surface area (Å²) in [5.74, 6) is 4.71. The SMILES string of the molecule is COC(=O)c1nc(C#CCO)cn1C. The monoisotopic (exact) mass is 194 g/mol. The molecular formula is C9H10N2O3. The van der Waals surface area contributed by atoms with Gasteiger partial charge in [0.1, 0.15) is 12.3 Å². The number of hydrogen-bond acceptors (Lipinski definition) is 4. The van der Waals surface area contributed by atoms with Gasteiger partial charge >= 0.3 is 5.97 Å². The molecule has 0 aliphatic carbocycles. The van der Waals surface area contributed by atoms with Crippen molar-refractivity contribution in [3.05, 3.63) is 17.7 Å². The number of ether oxygens (including phenoxy) is 1. The molecule has 1 aromatic rings. The van der Waals surface area contributed by atoms with Crippen molar-refractivity contribution in [3.63, 3.8) is 0 Å². The van der Waals surface area contributed by atoms with Crippen molar-refractivity contribution < 1.29 is 14.6 Å². The largest absolute Gasteiger partial charge is 0.463 e. The summed E-state index contributed by atoms with van der Waals surface area (Å²) in [6, 6.07) is 0. The first-order valence-corrected chi connectivity index (χ1v) is 3.90. The summed E-state index contributed by atoms with van der Waals surface area (Å²) in [7, 11) is 2.96. The molecule has 0 atom stereocenters. The fraction of sp³-hybridized carbons (Fsp3) is 0.333. The number of rotatable bonds is 1. The first kappa shape index (κ1) is 10.3. The van der Waals surface area contributed by atoms with Crippen LogP contribution < -0.4 is 0 Å². The van der Waals surface area contributed by atoms with Gasteiger partial charge in [-0.2, -0.15) is 0 Å². The molecule has 74 valence electrons. The van der Waals surface area contributed by atoms with Crippen LogP contribution in [0.3, 0.4) is 0 Å². The normalized spacial score (nSPS) is 9.07. The van der Waals surface area contributed by atoms with Gasteiger partial charge in [-0.15, -0.1) is 0 Å². The zero-order chi connectivity index (χ0) is 10.6. The van der Waals surface area contributed by atoms with E-state index in [-0.39, 0.29) is 12.4 Å². The molecule has 0 aromatic carbocycles. The van der Waals surface area contributed by atoms with Gasteiger partial charge in [-0.3, -0.25) is 0 Å². The second-order valence-electron chi connectivity index (χ2n) is 2.51. The third-order valence-corrected chi connectivity index (χ3v) is 1.54. The Hall–Kier alpha value is -1.80. The summed E-state index contributed by atoms with van der Waals surface area (Å²) < 4.78 is 6.04. The molecule has 0 fully saturated rings. The van der Waals surface area contributed by atoms with E-state index in [0.29, 0.717) is 5.69 Å². The zero-order valence-corrected chi connectivity index (χ0v) is 7.94. The van der Waals surface area contributed by atoms with Crippen LogP contribution in [0.15, 0.2) is 6.20 Å². The number of imidazole rings is 1. The number of carbonyl (C=O) groups excluding carboxylic acids is 1. The van der Waals surface area contributed by atoms with Crippen LogP contribution in [0.25, 0.3) is 0 Å². The Balaban J connectivity index is 2.99. The Labute approximate surface area is 81.3 Å². The Kier molecular flexibility index (Phi) is 3.26. The van der Waals surface area contributed by atoms with Gasteiger partial charge in [0.25, 0.3) is 0 Å². The summed E-state index contributed by atoms with van der Waals surface area (Å²) in [5, 5.41) is 8.46. The van der Waals surface area contributed by atoms with Crippen molar-refractivity contribution in [1.82, 2.24) is 9.55 Å². The van der Waals surface area contributed by atoms with Gasteiger partial charge in [0.05, 0.1) is 7.11 Å². The summed E-state index contributed by atoms with van der Waals surface area (Å²) in [6.07, 6.45) is 1.59. The molecule has 0 unspecified atom stereocenters. The van der Waals surface area contributed by atoms with Gasteiger partial charge in [0.15, 0.2) is 0 Å². The van der Waals surface area contributed by atoms with E-state index in [0.717, 1.165) is 0 Å². The third kappa shape index (κ3) is 2.12. The second kappa shape index (κ2) is 4.44. The minimum absolute atomic E-state index is 0.190. The number of esters is 1. The molecule has 5 heteroatoms. The summed E-state index contributed by atoms with van der Waals surface area (Å²) in [6.45, 7) is -0.232. The van der Waals surface area contributed by atoms with Gasteiger partial charge in [-0.1, -0.05) is 5.92 Å². The summed E-state index contributed by atoms with van der Waals surface area (Å²) in [4.78, 5) is 15.0. The smallest absolute Gasteiger partial charge is 0.374 e. The average Bonchev–Trinajstić information content (AvgIpc) is 2.55. The third-order valence-electron chi connectivity index (χ3n) is 1.54. The lowest BCUT2D eigenvalue weighted by Gasteiger charge is -1.96. The van der Waals surface area contributed by atoms with E-state index in [9.17, 15) is 4.79 Å². The first-order chi connectivity index (χ1) is 6.69. The molecule has 0 amide bonds. The molecule has 0 saturated carbocycles. The molecule has 0 aliphatic heterocycles. The number of hydrogen-bond donors (Lipinski definition) is 1. The number of aryl methyl sites for hydroxylation is 1. The fourth-order valence-corrected chi connectivity index (χ4v) is 0.938. The Morgan fingerprint density at radius 1 is 1.79 bits per heavy atom. The van der Waals surface area contributed by atoms with Crippen LogP contribution in [0.2, 0.25) is 0 Å². The van der Waals surface area contributed by atoms with Crippen molar-refractivity contribution in [2.45, 2.75) is 0 Å². The van der Waals surface area contributed by atoms with Crippen molar-refractivity contribution in [3.8, 4) is 11.8 Å². The molecule has 0 spiro atoms. The zero-order valence-electron chi connectivity index (χ0n) is 7.94. The Morgan fingerprint density at radius 2 is 2.50 bits per heavy atom. The highest BCUT2D eigenvalue weighted by Crippen LogP contribution is 2.01. The lowest BCUT2D eigenvalue weighted by molar-refractivity contribution is 0.0582. The molecule has 0 aliphatic rings. The van der Waals surface area contributed by atoms with Crippen molar-refractivity contribution in [2.24, 2.45) is 7.05 Å². The number of aromatic nitrogens is 2. The van der Waals surface area contributed by atoms with Gasteiger partial charge in [-0.05, 0) is 5.92 Å². The number of aliphatic hydroxyl groups excluding tert-OH is 1. The van der Waals surface area contributed by atoms with Crippen LogP contribution in [-0.4, -0.2) is 34.3 Å². The van der Waals surface area contributed by atoms with Crippen LogP contribution >= 0.6 is 0 Å². The van der Waals surface area contributed by atoms with Crippen LogP contribution in [0.5, 0.6) is 0 Å². The molecule has 5 nitrogen and oxygen atoms in total. The van der Waals surface area contributed by atoms with Crippen LogP contribution in [-0.2, 0) is 11.8 Å². The minimum Gasteiger partial charge on any atom is -0.463 e. The van der Waals surface area contributed by atoms with Gasteiger partial charge in [0, 0.05) is 13.2 Å². The molecule has 0 radical (unpaired) electrons. The van der Waals surface area contributed by atoms with E-state index in [1.807, 2.05) is 0 Å². The molecule has 1 rings (SSSR count). The van der Waals surface area contributed by atoms with Gasteiger partial charge in [0.2, 0.25) is 5.82 Å². The predicted octanol–water partition coefficient (Wildman–Crippen LogP) is -0.450. The Morgan fingerprint density at radius 3 is 3.07 bits per heavy atom. The summed E-state index contributed by atoms with van der Waals surface area (Å²) >= 11 is 0. The highest BCUT2D eigenvalue weighted by atomic mass is 16.5. The molecular weight excluding hydrogens is 184 g/mol. The quantitative estimate of drug-likeness (QED) is 0.486. The molecule has 1 aromatic heterocycles. The first-order valence-electron chi connectivity index (χ1n) is 3.90. The maximum Gasteiger partial charge on any atom is 0.374 e. The number of methoxy groups -OCH3 is 1. The average molecular weight is 194 g/mol. The fourth-order valence-electron chi connectivity index (χ4n) is 0.938. The van der Waals surface area contributed by atoms with Crippen LogP contribution in [0, 0.1) is 11.8 Å². The predicted molar refractivity (Wildman–Crippen MR) is 48.5 cm³/mol. The molecule has 14 heavy (non-hydrogen) atoms. The van der Waals surface area contributed by atoms with E-state index >= 15 is 0 Å². The standard InChI is InChI=1S/C9H10N2O3/c1-11-6-7(4-3-5-12)10-8(11)9(13)14-2/h6,12H,5H2,1-2H3. The van der Waals surface area contributed by atoms with Crippen molar-refractivity contribution >= 4 is 5.97 Å². The van der Waals surface area contributed by atoms with Gasteiger partial charge < -0.3 is 14.4 Å². The van der Waals surface area contributed by atoms with E-state index in [4.69, 9.17) is 5.11 Å². The highest BCUT2D eigenvalue weighted by molar-refractivity contribution is 5.85. The highest BCUT2D eigenvalue weighted by Gasteiger charge is 2.12. The maximum absolute atomic E-state index is 11.1. The van der Waals surface area contributed by atoms with E-state index in [1.165, 1.54) is 11.7 Å². The number of aliphatic hydroxyl groups is 1. The van der Waals surface area contributed by atoms with E-state index in [2.05, 4.69) is 21.6 Å². The number of carbonyl (C=O) groups is 1. The van der Waals surface area contributed by atoms with Gasteiger partial charge in [-0.25, -0.2) is 9.78 Å². The molecule has 1 heterocycles. The lowest BCUT2D eigenvalue weighted by atomic mass is 10.5. The summed E-state index contributed by atoms with van der Waals surface area (Å²) in [5.41, 5.74) is 0.432. The van der Waals surface area contributed by atoms with Crippen LogP contribution in [0.1, 0.15) is 16.3 Å². The maximum atomic E-state index is 11.1. The topological polar surface area (TPSA) is 64.3 Å². The lowest BCUT2D eigenvalue weighted by Crippen LogP contribution is -2.08.